The highest BCUT2D eigenvalue weighted by atomic mass is 19.1. The van der Waals surface area contributed by atoms with Gasteiger partial charge in [0.2, 0.25) is 0 Å². The van der Waals surface area contributed by atoms with Crippen LogP contribution >= 0.6 is 0 Å². The largest absolute Gasteiger partial charge is 0.272 e. The van der Waals surface area contributed by atoms with Crippen LogP contribution in [-0.2, 0) is 0 Å². The van der Waals surface area contributed by atoms with Gasteiger partial charge in [-0.15, -0.1) is 0 Å². The number of rotatable bonds is 3. The second-order valence-electron chi connectivity index (χ2n) is 4.20. The van der Waals surface area contributed by atoms with Crippen LogP contribution in [0.1, 0.15) is 20.7 Å². The molecule has 0 aliphatic carbocycles. The van der Waals surface area contributed by atoms with Crippen LogP contribution in [0, 0.1) is 15.9 Å². The van der Waals surface area contributed by atoms with Gasteiger partial charge in [-0.2, -0.15) is 0 Å². The molecule has 0 atom stereocenters. The van der Waals surface area contributed by atoms with Crippen LogP contribution in [0.4, 0.5) is 10.1 Å². The predicted octanol–water partition coefficient (Wildman–Crippen LogP) is 1.81. The molecule has 0 saturated carbocycles. The third-order valence-corrected chi connectivity index (χ3v) is 2.73. The van der Waals surface area contributed by atoms with Gasteiger partial charge in [-0.25, -0.2) is 4.39 Å². The number of halogens is 1. The Labute approximate surface area is 123 Å². The van der Waals surface area contributed by atoms with Gasteiger partial charge in [-0.05, 0) is 18.2 Å². The summed E-state index contributed by atoms with van der Waals surface area (Å²) in [6.07, 6.45) is 0. The summed E-state index contributed by atoms with van der Waals surface area (Å²) in [5, 5.41) is 10.6. The highest BCUT2D eigenvalue weighted by Gasteiger charge is 2.14. The number of nitro groups is 1. The summed E-state index contributed by atoms with van der Waals surface area (Å²) in [6.45, 7) is 0. The Morgan fingerprint density at radius 3 is 2.36 bits per heavy atom. The quantitative estimate of drug-likeness (QED) is 0.667. The molecule has 0 saturated heterocycles. The molecule has 0 fully saturated rings. The fourth-order valence-corrected chi connectivity index (χ4v) is 1.66. The minimum Gasteiger partial charge on any atom is -0.267 e. The van der Waals surface area contributed by atoms with E-state index in [0.29, 0.717) is 0 Å². The second-order valence-corrected chi connectivity index (χ2v) is 4.20. The molecule has 8 heteroatoms. The van der Waals surface area contributed by atoms with Gasteiger partial charge < -0.3 is 0 Å². The Morgan fingerprint density at radius 2 is 1.68 bits per heavy atom. The minimum atomic E-state index is -0.836. The fourth-order valence-electron chi connectivity index (χ4n) is 1.66. The predicted molar refractivity (Wildman–Crippen MR) is 74.4 cm³/mol. The molecule has 0 heterocycles. The molecular formula is C14H10FN3O4. The molecule has 2 N–H and O–H groups in total. The lowest BCUT2D eigenvalue weighted by molar-refractivity contribution is -0.384. The van der Waals surface area contributed by atoms with Crippen LogP contribution in [0.25, 0.3) is 0 Å². The van der Waals surface area contributed by atoms with E-state index in [2.05, 4.69) is 5.43 Å². The summed E-state index contributed by atoms with van der Waals surface area (Å²) in [5.74, 6) is -2.32. The third kappa shape index (κ3) is 3.42. The standard InChI is InChI=1S/C14H10FN3O4/c15-12-7-2-1-6-11(12)14(20)17-16-13(19)9-4-3-5-10(8-9)18(21)22/h1-8H,(H,16,19)(H,17,20). The molecule has 112 valence electrons. The maximum Gasteiger partial charge on any atom is 0.272 e. The van der Waals surface area contributed by atoms with Crippen LogP contribution in [0.2, 0.25) is 0 Å². The summed E-state index contributed by atoms with van der Waals surface area (Å²) >= 11 is 0. The van der Waals surface area contributed by atoms with Crippen LogP contribution in [-0.4, -0.2) is 16.7 Å². The summed E-state index contributed by atoms with van der Waals surface area (Å²) in [6, 6.07) is 10.2. The molecule has 0 aliphatic rings. The van der Waals surface area contributed by atoms with Crippen molar-refractivity contribution in [3.63, 3.8) is 0 Å². The highest BCUT2D eigenvalue weighted by Crippen LogP contribution is 2.12. The molecule has 2 aromatic carbocycles. The number of nitrogens with zero attached hydrogens (tertiary/aromatic N) is 1. The van der Waals surface area contributed by atoms with E-state index in [4.69, 9.17) is 0 Å². The summed E-state index contributed by atoms with van der Waals surface area (Å²) in [5.41, 5.74) is 3.60. The van der Waals surface area contributed by atoms with Crippen LogP contribution in [0.15, 0.2) is 48.5 Å². The first-order valence-electron chi connectivity index (χ1n) is 6.08. The lowest BCUT2D eigenvalue weighted by Crippen LogP contribution is -2.41. The van der Waals surface area contributed by atoms with Crippen molar-refractivity contribution in [1.29, 1.82) is 0 Å². The molecule has 2 rings (SSSR count). The molecule has 0 radical (unpaired) electrons. The monoisotopic (exact) mass is 303 g/mol. The van der Waals surface area contributed by atoms with Gasteiger partial charge in [0, 0.05) is 17.7 Å². The number of carbonyl (C=O) groups excluding carboxylic acids is 2. The zero-order valence-electron chi connectivity index (χ0n) is 11.1. The number of hydrogen-bond acceptors (Lipinski definition) is 4. The van der Waals surface area contributed by atoms with E-state index >= 15 is 0 Å². The molecule has 22 heavy (non-hydrogen) atoms. The second kappa shape index (κ2) is 6.44. The van der Waals surface area contributed by atoms with Crippen molar-refractivity contribution in [2.45, 2.75) is 0 Å². The summed E-state index contributed by atoms with van der Waals surface area (Å²) in [7, 11) is 0. The Morgan fingerprint density at radius 1 is 1.00 bits per heavy atom. The Balaban J connectivity index is 2.04. The van der Waals surface area contributed by atoms with E-state index < -0.39 is 22.6 Å². The Bertz CT molecular complexity index is 748. The van der Waals surface area contributed by atoms with E-state index in [9.17, 15) is 24.1 Å². The first kappa shape index (κ1) is 15.1. The van der Waals surface area contributed by atoms with Gasteiger partial charge in [-0.3, -0.25) is 30.6 Å². The molecule has 0 aromatic heterocycles. The highest BCUT2D eigenvalue weighted by molar-refractivity contribution is 5.99. The van der Waals surface area contributed by atoms with E-state index in [1.54, 1.807) is 0 Å². The first-order valence-corrected chi connectivity index (χ1v) is 6.08. The van der Waals surface area contributed by atoms with Crippen molar-refractivity contribution in [2.24, 2.45) is 0 Å². The molecule has 2 aromatic rings. The number of nitrogens with one attached hydrogen (secondary N) is 2. The van der Waals surface area contributed by atoms with Crippen molar-refractivity contribution in [3.05, 3.63) is 75.6 Å². The van der Waals surface area contributed by atoms with Crippen molar-refractivity contribution in [3.8, 4) is 0 Å². The maximum atomic E-state index is 13.4. The molecular weight excluding hydrogens is 293 g/mol. The lowest BCUT2D eigenvalue weighted by atomic mass is 10.2. The van der Waals surface area contributed by atoms with Crippen molar-refractivity contribution in [1.82, 2.24) is 10.9 Å². The van der Waals surface area contributed by atoms with E-state index in [-0.39, 0.29) is 16.8 Å². The maximum absolute atomic E-state index is 13.4. The number of hydrazine groups is 1. The molecule has 0 spiro atoms. The molecule has 0 aliphatic heterocycles. The van der Waals surface area contributed by atoms with Crippen LogP contribution in [0.3, 0.4) is 0 Å². The van der Waals surface area contributed by atoms with Crippen molar-refractivity contribution >= 4 is 17.5 Å². The molecule has 2 amide bonds. The fraction of sp³-hybridized carbons (Fsp3) is 0. The first-order chi connectivity index (χ1) is 10.5. The summed E-state index contributed by atoms with van der Waals surface area (Å²) < 4.78 is 13.4. The number of nitro benzene ring substituents is 1. The number of benzene rings is 2. The van der Waals surface area contributed by atoms with Gasteiger partial charge in [-0.1, -0.05) is 18.2 Å². The smallest absolute Gasteiger partial charge is 0.267 e. The van der Waals surface area contributed by atoms with Crippen LogP contribution < -0.4 is 10.9 Å². The van der Waals surface area contributed by atoms with E-state index in [0.717, 1.165) is 12.1 Å². The van der Waals surface area contributed by atoms with Crippen molar-refractivity contribution in [2.75, 3.05) is 0 Å². The van der Waals surface area contributed by atoms with E-state index in [1.165, 1.54) is 36.4 Å². The average molecular weight is 303 g/mol. The van der Waals surface area contributed by atoms with Gasteiger partial charge in [0.1, 0.15) is 5.82 Å². The number of amides is 2. The lowest BCUT2D eigenvalue weighted by Gasteiger charge is -2.07. The zero-order chi connectivity index (χ0) is 16.1. The van der Waals surface area contributed by atoms with Gasteiger partial charge >= 0.3 is 0 Å². The van der Waals surface area contributed by atoms with Crippen molar-refractivity contribution < 1.29 is 18.9 Å². The Hall–Kier alpha value is -3.29. The van der Waals surface area contributed by atoms with E-state index in [1.807, 2.05) is 5.43 Å². The number of hydrogen-bond donors (Lipinski definition) is 2. The summed E-state index contributed by atoms with van der Waals surface area (Å²) in [4.78, 5) is 33.5. The van der Waals surface area contributed by atoms with Gasteiger partial charge in [0.05, 0.1) is 10.5 Å². The SMILES string of the molecule is O=C(NNC(=O)c1ccccc1F)c1cccc([N+](=O)[O-])c1. The van der Waals surface area contributed by atoms with Gasteiger partial charge in [0.25, 0.3) is 17.5 Å². The number of non-ortho nitro benzene ring substituents is 1. The molecule has 0 unspecified atom stereocenters. The molecule has 0 bridgehead atoms. The topological polar surface area (TPSA) is 101 Å². The molecule has 7 nitrogen and oxygen atoms in total. The minimum absolute atomic E-state index is 0.0111. The third-order valence-electron chi connectivity index (χ3n) is 2.73. The number of carbonyl (C=O) groups is 2. The van der Waals surface area contributed by atoms with Gasteiger partial charge in [0.15, 0.2) is 0 Å². The van der Waals surface area contributed by atoms with Crippen LogP contribution in [0.5, 0.6) is 0 Å². The normalized spacial score (nSPS) is 9.86. The zero-order valence-corrected chi connectivity index (χ0v) is 11.1. The average Bonchev–Trinajstić information content (AvgIpc) is 2.52. The Kier molecular flexibility index (Phi) is 4.42.